The third kappa shape index (κ3) is 5.35. The average molecular weight is 341 g/mol. The van der Waals surface area contributed by atoms with Crippen molar-refractivity contribution in [2.45, 2.75) is 27.2 Å². The van der Waals surface area contributed by atoms with Crippen molar-refractivity contribution in [1.82, 2.24) is 0 Å². The van der Waals surface area contributed by atoms with Gasteiger partial charge in [0.25, 0.3) is 5.91 Å². The SMILES string of the molecule is COC(=O)Cc1ccc(OCC(=O)Nc2c(C)cc(C)cc2C)cc1. The fourth-order valence-electron chi connectivity index (χ4n) is 2.64. The van der Waals surface area contributed by atoms with E-state index in [1.54, 1.807) is 24.3 Å². The molecule has 0 heterocycles. The van der Waals surface area contributed by atoms with Crippen molar-refractivity contribution in [1.29, 1.82) is 0 Å². The highest BCUT2D eigenvalue weighted by atomic mass is 16.5. The quantitative estimate of drug-likeness (QED) is 0.819. The van der Waals surface area contributed by atoms with Crippen LogP contribution in [0.25, 0.3) is 0 Å². The van der Waals surface area contributed by atoms with E-state index >= 15 is 0 Å². The maximum atomic E-state index is 12.1. The molecule has 0 saturated carbocycles. The number of hydrogen-bond acceptors (Lipinski definition) is 4. The highest BCUT2D eigenvalue weighted by Gasteiger charge is 2.09. The minimum absolute atomic E-state index is 0.0803. The predicted molar refractivity (Wildman–Crippen MR) is 96.9 cm³/mol. The fourth-order valence-corrected chi connectivity index (χ4v) is 2.64. The van der Waals surface area contributed by atoms with Gasteiger partial charge in [-0.1, -0.05) is 29.8 Å². The number of methoxy groups -OCH3 is 1. The first kappa shape index (κ1) is 18.5. The second kappa shape index (κ2) is 8.33. The molecule has 2 rings (SSSR count). The van der Waals surface area contributed by atoms with Gasteiger partial charge in [0.2, 0.25) is 0 Å². The Morgan fingerprint density at radius 2 is 1.60 bits per heavy atom. The van der Waals surface area contributed by atoms with Crippen LogP contribution in [0.2, 0.25) is 0 Å². The van der Waals surface area contributed by atoms with Crippen molar-refractivity contribution >= 4 is 17.6 Å². The monoisotopic (exact) mass is 341 g/mol. The van der Waals surface area contributed by atoms with Gasteiger partial charge >= 0.3 is 5.97 Å². The maximum absolute atomic E-state index is 12.1. The molecule has 0 aliphatic carbocycles. The van der Waals surface area contributed by atoms with E-state index < -0.39 is 0 Å². The molecule has 5 heteroatoms. The molecule has 0 saturated heterocycles. The van der Waals surface area contributed by atoms with Crippen LogP contribution in [0.5, 0.6) is 5.75 Å². The lowest BCUT2D eigenvalue weighted by Crippen LogP contribution is -2.21. The number of nitrogens with one attached hydrogen (secondary N) is 1. The number of rotatable bonds is 6. The van der Waals surface area contributed by atoms with E-state index in [9.17, 15) is 9.59 Å². The normalized spacial score (nSPS) is 10.2. The van der Waals surface area contributed by atoms with Gasteiger partial charge in [0, 0.05) is 5.69 Å². The molecular weight excluding hydrogens is 318 g/mol. The van der Waals surface area contributed by atoms with Crippen LogP contribution < -0.4 is 10.1 Å². The van der Waals surface area contributed by atoms with Gasteiger partial charge < -0.3 is 14.8 Å². The van der Waals surface area contributed by atoms with Crippen molar-refractivity contribution in [2.75, 3.05) is 19.0 Å². The van der Waals surface area contributed by atoms with Crippen molar-refractivity contribution in [3.8, 4) is 5.75 Å². The van der Waals surface area contributed by atoms with Gasteiger partial charge in [0.1, 0.15) is 5.75 Å². The van der Waals surface area contributed by atoms with Gasteiger partial charge in [-0.25, -0.2) is 0 Å². The summed E-state index contributed by atoms with van der Waals surface area (Å²) < 4.78 is 10.1. The molecule has 5 nitrogen and oxygen atoms in total. The molecule has 0 aromatic heterocycles. The van der Waals surface area contributed by atoms with Crippen LogP contribution in [0, 0.1) is 20.8 Å². The van der Waals surface area contributed by atoms with Crippen molar-refractivity contribution in [2.24, 2.45) is 0 Å². The van der Waals surface area contributed by atoms with Crippen LogP contribution in [-0.4, -0.2) is 25.6 Å². The molecule has 0 unspecified atom stereocenters. The third-order valence-corrected chi connectivity index (χ3v) is 3.81. The molecule has 1 amide bonds. The Bertz CT molecular complexity index is 743. The van der Waals surface area contributed by atoms with E-state index in [4.69, 9.17) is 4.74 Å². The summed E-state index contributed by atoms with van der Waals surface area (Å²) in [5, 5.41) is 2.90. The molecular formula is C20H23NO4. The number of carbonyl (C=O) groups is 2. The summed E-state index contributed by atoms with van der Waals surface area (Å²) in [6.07, 6.45) is 0.212. The zero-order valence-electron chi connectivity index (χ0n) is 15.0. The Balaban J connectivity index is 1.91. The lowest BCUT2D eigenvalue weighted by Gasteiger charge is -2.13. The highest BCUT2D eigenvalue weighted by molar-refractivity contribution is 5.93. The topological polar surface area (TPSA) is 64.6 Å². The maximum Gasteiger partial charge on any atom is 0.309 e. The van der Waals surface area contributed by atoms with Gasteiger partial charge in [-0.2, -0.15) is 0 Å². The molecule has 0 radical (unpaired) electrons. The van der Waals surface area contributed by atoms with Crippen LogP contribution in [0.4, 0.5) is 5.69 Å². The first-order valence-electron chi connectivity index (χ1n) is 8.05. The number of anilines is 1. The molecule has 2 aromatic rings. The summed E-state index contributed by atoms with van der Waals surface area (Å²) in [5.41, 5.74) is 4.87. The second-order valence-corrected chi connectivity index (χ2v) is 6.01. The minimum atomic E-state index is -0.295. The van der Waals surface area contributed by atoms with Gasteiger partial charge in [0.15, 0.2) is 6.61 Å². The van der Waals surface area contributed by atoms with Crippen molar-refractivity contribution < 1.29 is 19.1 Å². The van der Waals surface area contributed by atoms with E-state index in [0.717, 1.165) is 27.9 Å². The Hall–Kier alpha value is -2.82. The molecule has 0 aliphatic rings. The molecule has 0 aliphatic heterocycles. The number of hydrogen-bond donors (Lipinski definition) is 1. The summed E-state index contributed by atoms with van der Waals surface area (Å²) in [6.45, 7) is 5.88. The van der Waals surface area contributed by atoms with Crippen molar-refractivity contribution in [3.05, 3.63) is 58.7 Å². The third-order valence-electron chi connectivity index (χ3n) is 3.81. The second-order valence-electron chi connectivity index (χ2n) is 6.01. The number of ether oxygens (including phenoxy) is 2. The smallest absolute Gasteiger partial charge is 0.309 e. The average Bonchev–Trinajstić information content (AvgIpc) is 2.57. The largest absolute Gasteiger partial charge is 0.484 e. The standard InChI is InChI=1S/C20H23NO4/c1-13-9-14(2)20(15(3)10-13)21-18(22)12-25-17-7-5-16(6-8-17)11-19(23)24-4/h5-10H,11-12H2,1-4H3,(H,21,22). The Labute approximate surface area is 148 Å². The predicted octanol–water partition coefficient (Wildman–Crippen LogP) is 3.34. The number of esters is 1. The Morgan fingerprint density at radius 1 is 1.00 bits per heavy atom. The zero-order chi connectivity index (χ0) is 18.4. The first-order chi connectivity index (χ1) is 11.9. The Kier molecular flexibility index (Phi) is 6.17. The summed E-state index contributed by atoms with van der Waals surface area (Å²) >= 11 is 0. The summed E-state index contributed by atoms with van der Waals surface area (Å²) in [6, 6.07) is 11.1. The molecule has 1 N–H and O–H groups in total. The summed E-state index contributed by atoms with van der Waals surface area (Å²) in [5.74, 6) is 0.0617. The van der Waals surface area contributed by atoms with Gasteiger partial charge in [-0.15, -0.1) is 0 Å². The van der Waals surface area contributed by atoms with E-state index in [1.165, 1.54) is 7.11 Å². The van der Waals surface area contributed by atoms with Crippen LogP contribution in [0.3, 0.4) is 0 Å². The number of carbonyl (C=O) groups excluding carboxylic acids is 2. The molecule has 25 heavy (non-hydrogen) atoms. The molecule has 0 fully saturated rings. The van der Waals surface area contributed by atoms with E-state index in [-0.39, 0.29) is 24.9 Å². The molecule has 2 aromatic carbocycles. The van der Waals surface area contributed by atoms with Crippen LogP contribution in [0.15, 0.2) is 36.4 Å². The first-order valence-corrected chi connectivity index (χ1v) is 8.05. The summed E-state index contributed by atoms with van der Waals surface area (Å²) in [4.78, 5) is 23.4. The van der Waals surface area contributed by atoms with E-state index in [2.05, 4.69) is 10.1 Å². The van der Waals surface area contributed by atoms with Crippen LogP contribution in [-0.2, 0) is 20.7 Å². The number of benzene rings is 2. The highest BCUT2D eigenvalue weighted by Crippen LogP contribution is 2.22. The zero-order valence-corrected chi connectivity index (χ0v) is 15.0. The van der Waals surface area contributed by atoms with Crippen molar-refractivity contribution in [3.63, 3.8) is 0 Å². The lowest BCUT2D eigenvalue weighted by atomic mass is 10.1. The minimum Gasteiger partial charge on any atom is -0.484 e. The Morgan fingerprint density at radius 3 is 2.16 bits per heavy atom. The van der Waals surface area contributed by atoms with Gasteiger partial charge in [-0.05, 0) is 49.6 Å². The lowest BCUT2D eigenvalue weighted by molar-refractivity contribution is -0.139. The number of aryl methyl sites for hydroxylation is 3. The van der Waals surface area contributed by atoms with Gasteiger partial charge in [0.05, 0.1) is 13.5 Å². The molecule has 0 atom stereocenters. The number of amides is 1. The van der Waals surface area contributed by atoms with Crippen LogP contribution in [0.1, 0.15) is 22.3 Å². The van der Waals surface area contributed by atoms with Crippen LogP contribution >= 0.6 is 0 Å². The summed E-state index contributed by atoms with van der Waals surface area (Å²) in [7, 11) is 1.36. The molecule has 132 valence electrons. The van der Waals surface area contributed by atoms with Gasteiger partial charge in [-0.3, -0.25) is 9.59 Å². The molecule has 0 bridgehead atoms. The molecule has 0 spiro atoms. The van der Waals surface area contributed by atoms with E-state index in [1.807, 2.05) is 32.9 Å². The fraction of sp³-hybridized carbons (Fsp3) is 0.300. The van der Waals surface area contributed by atoms with E-state index in [0.29, 0.717) is 5.75 Å².